The Morgan fingerprint density at radius 1 is 0.578 bits per heavy atom. The number of nitrogens with two attached hydrogens (primary N) is 3. The van der Waals surface area contributed by atoms with Crippen molar-refractivity contribution < 1.29 is 24.6 Å². The minimum atomic E-state index is -0.933. The summed E-state index contributed by atoms with van der Waals surface area (Å²) in [5.74, 6) is -2.17. The van der Waals surface area contributed by atoms with E-state index in [0.29, 0.717) is 19.4 Å². The summed E-state index contributed by atoms with van der Waals surface area (Å²) in [6.07, 6.45) is 28.2. The first kappa shape index (κ1) is 48.7. The van der Waals surface area contributed by atoms with E-state index >= 15 is 0 Å². The Labute approximate surface area is 298 Å². The number of nitrogens with zero attached hydrogens (tertiary/aromatic N) is 1. The first-order valence-electron chi connectivity index (χ1n) is 18.1. The molecule has 9 nitrogen and oxygen atoms in total. The van der Waals surface area contributed by atoms with Gasteiger partial charge in [-0.05, 0) is 51.7 Å². The van der Waals surface area contributed by atoms with E-state index in [2.05, 4.69) is 18.7 Å². The van der Waals surface area contributed by atoms with E-state index in [1.54, 1.807) is 0 Å². The third kappa shape index (κ3) is 36.0. The number of unbranched alkanes of at least 4 members (excludes halogenated alkanes) is 19. The molecule has 8 N–H and O–H groups in total. The molecule has 0 aliphatic heterocycles. The van der Waals surface area contributed by atoms with Crippen LogP contribution in [0.3, 0.4) is 0 Å². The number of carbonyl (C=O) groups excluding carboxylic acids is 1. The van der Waals surface area contributed by atoms with Crippen LogP contribution in [0, 0.1) is 0 Å². The average Bonchev–Trinajstić information content (AvgIpc) is 2.98. The molecule has 1 unspecified atom stereocenters. The maximum atomic E-state index is 11.9. The normalized spacial score (nSPS) is 12.2. The van der Waals surface area contributed by atoms with Gasteiger partial charge in [0.25, 0.3) is 0 Å². The zero-order valence-electron chi connectivity index (χ0n) is 28.8. The fourth-order valence-corrected chi connectivity index (χ4v) is 5.40. The molecule has 0 saturated heterocycles. The van der Waals surface area contributed by atoms with Crippen LogP contribution in [-0.2, 0) is 14.4 Å². The average molecular weight is 653 g/mol. The standard InChI is InChI=1S/C29H58N2O3.C6H14N2O2.Na.H/c1-3-5-7-9-11-13-15-17-19-21-25-31(27(29(33)34)23-24-28(30)32)26-22-20-18-16-14-12-10-8-6-4-2;7-4-2-1-3-5(8)6(9)10;;/h27H,3-26H2,1-2H3,(H2,30,32)(H,33,34);5H,1-4,7-8H2,(H,9,10);;/t27-;;;/m0.../s1. The topological polar surface area (TPSA) is 173 Å². The maximum absolute atomic E-state index is 11.9. The molecule has 1 amide bonds. The molecular formula is C35H73N4NaO5. The van der Waals surface area contributed by atoms with E-state index in [1.807, 2.05) is 0 Å². The summed E-state index contributed by atoms with van der Waals surface area (Å²) < 4.78 is 0. The van der Waals surface area contributed by atoms with Crippen molar-refractivity contribution in [3.05, 3.63) is 0 Å². The number of hydrogen-bond donors (Lipinski definition) is 5. The molecule has 10 heteroatoms. The first-order chi connectivity index (χ1) is 21.2. The molecule has 264 valence electrons. The van der Waals surface area contributed by atoms with Gasteiger partial charge in [0.15, 0.2) is 0 Å². The number of amides is 1. The molecule has 0 fully saturated rings. The van der Waals surface area contributed by atoms with Gasteiger partial charge in [0.1, 0.15) is 12.1 Å². The Kier molecular flexibility index (Phi) is 40.8. The van der Waals surface area contributed by atoms with E-state index in [9.17, 15) is 19.5 Å². The van der Waals surface area contributed by atoms with Gasteiger partial charge < -0.3 is 27.4 Å². The zero-order chi connectivity index (χ0) is 33.3. The number of carbonyl (C=O) groups is 3. The second kappa shape index (κ2) is 37.7. The van der Waals surface area contributed by atoms with E-state index in [1.165, 1.54) is 103 Å². The van der Waals surface area contributed by atoms with Crippen LogP contribution in [0.15, 0.2) is 0 Å². The van der Waals surface area contributed by atoms with Crippen LogP contribution in [0.4, 0.5) is 0 Å². The summed E-state index contributed by atoms with van der Waals surface area (Å²) in [7, 11) is 0. The van der Waals surface area contributed by atoms with Crippen molar-refractivity contribution in [1.29, 1.82) is 0 Å². The molecule has 2 atom stereocenters. The van der Waals surface area contributed by atoms with Gasteiger partial charge in [-0.2, -0.15) is 0 Å². The van der Waals surface area contributed by atoms with Crippen molar-refractivity contribution in [3.63, 3.8) is 0 Å². The van der Waals surface area contributed by atoms with E-state index < -0.39 is 29.9 Å². The van der Waals surface area contributed by atoms with Crippen molar-refractivity contribution in [1.82, 2.24) is 4.90 Å². The van der Waals surface area contributed by atoms with Gasteiger partial charge in [0.2, 0.25) is 5.91 Å². The molecule has 0 aromatic carbocycles. The third-order valence-electron chi connectivity index (χ3n) is 8.27. The molecular weight excluding hydrogens is 579 g/mol. The van der Waals surface area contributed by atoms with E-state index in [0.717, 1.165) is 51.6 Å². The second-order valence-corrected chi connectivity index (χ2v) is 12.5. The second-order valence-electron chi connectivity index (χ2n) is 12.5. The number of aliphatic carboxylic acids is 2. The summed E-state index contributed by atoms with van der Waals surface area (Å²) in [6, 6.07) is -1.31. The van der Waals surface area contributed by atoms with Crippen molar-refractivity contribution in [2.75, 3.05) is 19.6 Å². The van der Waals surface area contributed by atoms with Crippen LogP contribution >= 0.6 is 0 Å². The van der Waals surface area contributed by atoms with Crippen LogP contribution in [0.5, 0.6) is 0 Å². The zero-order valence-corrected chi connectivity index (χ0v) is 28.8. The molecule has 0 spiro atoms. The van der Waals surface area contributed by atoms with Crippen LogP contribution < -0.4 is 17.2 Å². The summed E-state index contributed by atoms with van der Waals surface area (Å²) in [5, 5.41) is 18.1. The molecule has 0 aromatic heterocycles. The van der Waals surface area contributed by atoms with Gasteiger partial charge in [-0.1, -0.05) is 136 Å². The molecule has 45 heavy (non-hydrogen) atoms. The number of carboxylic acid groups (broad SMARTS) is 2. The van der Waals surface area contributed by atoms with E-state index in [4.69, 9.17) is 22.3 Å². The molecule has 0 bridgehead atoms. The summed E-state index contributed by atoms with van der Waals surface area (Å²) in [4.78, 5) is 35.4. The molecule has 0 saturated carbocycles. The Morgan fingerprint density at radius 3 is 1.27 bits per heavy atom. The minimum absolute atomic E-state index is 0. The molecule has 0 rings (SSSR count). The Hall–Kier alpha value is -0.710. The molecule has 0 aliphatic rings. The fraction of sp³-hybridized carbons (Fsp3) is 0.914. The van der Waals surface area contributed by atoms with Gasteiger partial charge in [-0.25, -0.2) is 0 Å². The third-order valence-corrected chi connectivity index (χ3v) is 8.27. The quantitative estimate of drug-likeness (QED) is 0.0393. The number of hydrogen-bond acceptors (Lipinski definition) is 6. The van der Waals surface area contributed by atoms with Gasteiger partial charge in [0, 0.05) is 6.42 Å². The Bertz CT molecular complexity index is 648. The van der Waals surface area contributed by atoms with Gasteiger partial charge >= 0.3 is 41.5 Å². The van der Waals surface area contributed by atoms with Crippen LogP contribution in [0.1, 0.15) is 174 Å². The molecule has 0 aliphatic carbocycles. The van der Waals surface area contributed by atoms with Crippen molar-refractivity contribution in [2.45, 2.75) is 186 Å². The first-order valence-corrected chi connectivity index (χ1v) is 18.1. The van der Waals surface area contributed by atoms with Crippen molar-refractivity contribution in [3.8, 4) is 0 Å². The summed E-state index contributed by atoms with van der Waals surface area (Å²) in [5.41, 5.74) is 15.7. The van der Waals surface area contributed by atoms with E-state index in [-0.39, 0.29) is 36.0 Å². The molecule has 0 aromatic rings. The number of rotatable bonds is 32. The van der Waals surface area contributed by atoms with Gasteiger partial charge in [-0.3, -0.25) is 19.3 Å². The number of carboxylic acids is 2. The van der Waals surface area contributed by atoms with Gasteiger partial charge in [-0.15, -0.1) is 0 Å². The Balaban J connectivity index is -0.00000137. The SMILES string of the molecule is CCCCCCCCCCCCN(CCCCCCCCCCCC)[C@@H](CCC(N)=O)C(=O)O.NCCCCC(N)C(=O)O.[NaH]. The monoisotopic (exact) mass is 653 g/mol. The summed E-state index contributed by atoms with van der Waals surface area (Å²) in [6.45, 7) is 6.73. The molecule has 0 radical (unpaired) electrons. The van der Waals surface area contributed by atoms with Crippen molar-refractivity contribution >= 4 is 47.4 Å². The summed E-state index contributed by atoms with van der Waals surface area (Å²) >= 11 is 0. The van der Waals surface area contributed by atoms with Crippen molar-refractivity contribution in [2.24, 2.45) is 17.2 Å². The van der Waals surface area contributed by atoms with Crippen LogP contribution in [0.25, 0.3) is 0 Å². The predicted octanol–water partition coefficient (Wildman–Crippen LogP) is 6.73. The molecule has 0 heterocycles. The predicted molar refractivity (Wildman–Crippen MR) is 191 cm³/mol. The fourth-order valence-electron chi connectivity index (χ4n) is 5.40. The number of primary amides is 1. The Morgan fingerprint density at radius 2 is 0.956 bits per heavy atom. The van der Waals surface area contributed by atoms with Crippen LogP contribution in [-0.4, -0.2) is 94.2 Å². The van der Waals surface area contributed by atoms with Crippen LogP contribution in [0.2, 0.25) is 0 Å². The van der Waals surface area contributed by atoms with Gasteiger partial charge in [0.05, 0.1) is 0 Å².